The Morgan fingerprint density at radius 3 is 2.70 bits per heavy atom. The van der Waals surface area contributed by atoms with Gasteiger partial charge in [0, 0.05) is 0 Å². The number of ether oxygens (including phenoxy) is 1. The summed E-state index contributed by atoms with van der Waals surface area (Å²) in [4.78, 5) is 23.6. The molecule has 2 aromatic rings. The normalized spacial score (nSPS) is 10.2. The van der Waals surface area contributed by atoms with E-state index in [0.29, 0.717) is 0 Å². The topological polar surface area (TPSA) is 75.6 Å². The SMILES string of the molecule is Cc1ccc(O)c(C(=O)OCC(=O)Nc2ccc(F)cc2Cl)c1. The molecule has 0 radical (unpaired) electrons. The number of benzene rings is 2. The molecule has 0 aliphatic rings. The van der Waals surface area contributed by atoms with Gasteiger partial charge in [0.05, 0.1) is 10.7 Å². The molecule has 0 fully saturated rings. The molecule has 0 spiro atoms. The molecule has 5 nitrogen and oxygen atoms in total. The molecule has 0 saturated carbocycles. The first-order valence-electron chi connectivity index (χ1n) is 6.58. The molecule has 7 heteroatoms. The van der Waals surface area contributed by atoms with Crippen molar-refractivity contribution in [3.63, 3.8) is 0 Å². The number of rotatable bonds is 4. The van der Waals surface area contributed by atoms with E-state index < -0.39 is 24.3 Å². The van der Waals surface area contributed by atoms with Gasteiger partial charge in [0.1, 0.15) is 17.1 Å². The van der Waals surface area contributed by atoms with Crippen molar-refractivity contribution < 1.29 is 23.8 Å². The van der Waals surface area contributed by atoms with Gasteiger partial charge >= 0.3 is 5.97 Å². The van der Waals surface area contributed by atoms with Crippen LogP contribution in [0.15, 0.2) is 36.4 Å². The van der Waals surface area contributed by atoms with E-state index in [0.717, 1.165) is 17.7 Å². The van der Waals surface area contributed by atoms with E-state index in [1.54, 1.807) is 13.0 Å². The predicted molar refractivity (Wildman–Crippen MR) is 83.2 cm³/mol. The van der Waals surface area contributed by atoms with Crippen molar-refractivity contribution in [2.45, 2.75) is 6.92 Å². The van der Waals surface area contributed by atoms with Crippen LogP contribution in [0.3, 0.4) is 0 Å². The van der Waals surface area contributed by atoms with E-state index >= 15 is 0 Å². The van der Waals surface area contributed by atoms with Crippen molar-refractivity contribution in [1.82, 2.24) is 0 Å². The van der Waals surface area contributed by atoms with E-state index in [9.17, 15) is 19.1 Å². The first-order valence-corrected chi connectivity index (χ1v) is 6.96. The van der Waals surface area contributed by atoms with Crippen molar-refractivity contribution in [3.8, 4) is 5.75 Å². The summed E-state index contributed by atoms with van der Waals surface area (Å²) >= 11 is 5.77. The van der Waals surface area contributed by atoms with E-state index in [4.69, 9.17) is 16.3 Å². The molecule has 23 heavy (non-hydrogen) atoms. The number of carbonyl (C=O) groups is 2. The number of aryl methyl sites for hydroxylation is 1. The average Bonchev–Trinajstić information content (AvgIpc) is 2.50. The van der Waals surface area contributed by atoms with Crippen molar-refractivity contribution in [2.24, 2.45) is 0 Å². The Kier molecular flexibility index (Phi) is 5.18. The van der Waals surface area contributed by atoms with Gasteiger partial charge < -0.3 is 15.2 Å². The molecule has 2 N–H and O–H groups in total. The lowest BCUT2D eigenvalue weighted by Gasteiger charge is -2.09. The number of esters is 1. The predicted octanol–water partition coefficient (Wildman–Crippen LogP) is 3.29. The number of aromatic hydroxyl groups is 1. The Labute approximate surface area is 136 Å². The molecule has 1 amide bonds. The zero-order valence-corrected chi connectivity index (χ0v) is 12.9. The molecule has 0 aromatic heterocycles. The molecule has 0 aliphatic heterocycles. The minimum absolute atomic E-state index is 0.0287. The summed E-state index contributed by atoms with van der Waals surface area (Å²) < 4.78 is 17.7. The third kappa shape index (κ3) is 4.43. The highest BCUT2D eigenvalue weighted by Gasteiger charge is 2.15. The average molecular weight is 338 g/mol. The molecule has 0 heterocycles. The Balaban J connectivity index is 1.96. The van der Waals surface area contributed by atoms with Crippen LogP contribution in [-0.4, -0.2) is 23.6 Å². The monoisotopic (exact) mass is 337 g/mol. The van der Waals surface area contributed by atoms with Gasteiger partial charge in [0.15, 0.2) is 6.61 Å². The maximum Gasteiger partial charge on any atom is 0.342 e. The highest BCUT2D eigenvalue weighted by molar-refractivity contribution is 6.33. The fourth-order valence-corrected chi connectivity index (χ4v) is 2.01. The lowest BCUT2D eigenvalue weighted by molar-refractivity contribution is -0.119. The van der Waals surface area contributed by atoms with Crippen LogP contribution in [0.25, 0.3) is 0 Å². The van der Waals surface area contributed by atoms with Crippen molar-refractivity contribution in [1.29, 1.82) is 0 Å². The summed E-state index contributed by atoms with van der Waals surface area (Å²) in [6.45, 7) is 1.18. The van der Waals surface area contributed by atoms with Gasteiger partial charge in [0.2, 0.25) is 0 Å². The molecular formula is C16H13ClFNO4. The summed E-state index contributed by atoms with van der Waals surface area (Å²) in [7, 11) is 0. The molecular weight excluding hydrogens is 325 g/mol. The summed E-state index contributed by atoms with van der Waals surface area (Å²) in [5.41, 5.74) is 0.933. The number of nitrogens with one attached hydrogen (secondary N) is 1. The van der Waals surface area contributed by atoms with Gasteiger partial charge in [-0.2, -0.15) is 0 Å². The molecule has 2 rings (SSSR count). The highest BCUT2D eigenvalue weighted by atomic mass is 35.5. The van der Waals surface area contributed by atoms with E-state index in [1.165, 1.54) is 18.2 Å². The maximum atomic E-state index is 12.9. The Morgan fingerprint density at radius 1 is 1.26 bits per heavy atom. The summed E-state index contributed by atoms with van der Waals surface area (Å²) in [6.07, 6.45) is 0. The molecule has 0 bridgehead atoms. The Morgan fingerprint density at radius 2 is 2.00 bits per heavy atom. The summed E-state index contributed by atoms with van der Waals surface area (Å²) in [5, 5.41) is 12.0. The number of anilines is 1. The maximum absolute atomic E-state index is 12.9. The standard InChI is InChI=1S/C16H13ClFNO4/c1-9-2-5-14(20)11(6-9)16(22)23-8-15(21)19-13-4-3-10(18)7-12(13)17/h2-7,20H,8H2,1H3,(H,19,21). The lowest BCUT2D eigenvalue weighted by atomic mass is 10.1. The van der Waals surface area contributed by atoms with Crippen LogP contribution in [-0.2, 0) is 9.53 Å². The van der Waals surface area contributed by atoms with Crippen LogP contribution in [0, 0.1) is 12.7 Å². The number of hydrogen-bond donors (Lipinski definition) is 2. The van der Waals surface area contributed by atoms with Gasteiger partial charge in [-0.05, 0) is 37.3 Å². The number of halogens is 2. The zero-order valence-electron chi connectivity index (χ0n) is 12.1. The number of amides is 1. The van der Waals surface area contributed by atoms with Gasteiger partial charge in [-0.25, -0.2) is 9.18 Å². The zero-order chi connectivity index (χ0) is 17.0. The molecule has 120 valence electrons. The fraction of sp³-hybridized carbons (Fsp3) is 0.125. The Hall–Kier alpha value is -2.60. The van der Waals surface area contributed by atoms with Crippen LogP contribution < -0.4 is 5.32 Å². The second-order valence-corrected chi connectivity index (χ2v) is 5.18. The van der Waals surface area contributed by atoms with Crippen LogP contribution >= 0.6 is 11.6 Å². The van der Waals surface area contributed by atoms with E-state index in [2.05, 4.69) is 5.32 Å². The van der Waals surface area contributed by atoms with Crippen LogP contribution in [0.2, 0.25) is 5.02 Å². The third-order valence-corrected chi connectivity index (χ3v) is 3.22. The number of carbonyl (C=O) groups excluding carboxylic acids is 2. The van der Waals surface area contributed by atoms with Gasteiger partial charge in [0.25, 0.3) is 5.91 Å². The van der Waals surface area contributed by atoms with Gasteiger partial charge in [-0.1, -0.05) is 23.2 Å². The van der Waals surface area contributed by atoms with Crippen molar-refractivity contribution >= 4 is 29.2 Å². The second-order valence-electron chi connectivity index (χ2n) is 4.77. The minimum atomic E-state index is -0.827. The Bertz CT molecular complexity index is 764. The first kappa shape index (κ1) is 16.8. The molecule has 0 aliphatic carbocycles. The summed E-state index contributed by atoms with van der Waals surface area (Å²) in [5.74, 6) is -2.23. The van der Waals surface area contributed by atoms with Crippen LogP contribution in [0.5, 0.6) is 5.75 Å². The molecule has 0 atom stereocenters. The molecule has 0 saturated heterocycles. The minimum Gasteiger partial charge on any atom is -0.507 e. The van der Waals surface area contributed by atoms with Crippen molar-refractivity contribution in [3.05, 3.63) is 58.4 Å². The van der Waals surface area contributed by atoms with E-state index in [-0.39, 0.29) is 22.0 Å². The van der Waals surface area contributed by atoms with Crippen LogP contribution in [0.4, 0.5) is 10.1 Å². The smallest absolute Gasteiger partial charge is 0.342 e. The number of phenols is 1. The first-order chi connectivity index (χ1) is 10.9. The largest absolute Gasteiger partial charge is 0.507 e. The lowest BCUT2D eigenvalue weighted by Crippen LogP contribution is -2.21. The quantitative estimate of drug-likeness (QED) is 0.839. The van der Waals surface area contributed by atoms with Gasteiger partial charge in [-0.3, -0.25) is 4.79 Å². The van der Waals surface area contributed by atoms with Crippen molar-refractivity contribution in [2.75, 3.05) is 11.9 Å². The molecule has 0 unspecified atom stereocenters. The summed E-state index contributed by atoms with van der Waals surface area (Å²) in [6, 6.07) is 7.93. The third-order valence-electron chi connectivity index (χ3n) is 2.91. The molecule has 2 aromatic carbocycles. The highest BCUT2D eigenvalue weighted by Crippen LogP contribution is 2.22. The van der Waals surface area contributed by atoms with Gasteiger partial charge in [-0.15, -0.1) is 0 Å². The number of hydrogen-bond acceptors (Lipinski definition) is 4. The number of phenolic OH excluding ortho intramolecular Hbond substituents is 1. The second kappa shape index (κ2) is 7.11. The van der Waals surface area contributed by atoms with Crippen LogP contribution in [0.1, 0.15) is 15.9 Å². The fourth-order valence-electron chi connectivity index (χ4n) is 1.80. The van der Waals surface area contributed by atoms with E-state index in [1.807, 2.05) is 0 Å².